The van der Waals surface area contributed by atoms with E-state index in [0.717, 1.165) is 11.9 Å². The number of carbonyl (C=O) groups excluding carboxylic acids is 1. The van der Waals surface area contributed by atoms with Crippen LogP contribution >= 0.6 is 35.1 Å². The van der Waals surface area contributed by atoms with Crippen molar-refractivity contribution in [1.82, 2.24) is 4.72 Å². The molecule has 10 heavy (non-hydrogen) atoms. The SMILES string of the molecule is NC(=O)C1(Cl)NSC=C1Cl. The highest BCUT2D eigenvalue weighted by Gasteiger charge is 2.41. The summed E-state index contributed by atoms with van der Waals surface area (Å²) in [5, 5.41) is 1.74. The minimum atomic E-state index is -1.40. The minimum absolute atomic E-state index is 0.215. The largest absolute Gasteiger partial charge is 0.367 e. The summed E-state index contributed by atoms with van der Waals surface area (Å²) < 4.78 is 2.57. The molecule has 0 aliphatic carbocycles. The Morgan fingerprint density at radius 2 is 2.50 bits per heavy atom. The molecule has 1 amide bonds. The molecule has 0 aromatic carbocycles. The van der Waals surface area contributed by atoms with Crippen LogP contribution in [0.4, 0.5) is 0 Å². The summed E-state index contributed by atoms with van der Waals surface area (Å²) in [6.07, 6.45) is 0. The Hall–Kier alpha value is 0.1000. The van der Waals surface area contributed by atoms with E-state index in [1.807, 2.05) is 0 Å². The maximum Gasteiger partial charge on any atom is 0.259 e. The van der Waals surface area contributed by atoms with E-state index in [2.05, 4.69) is 4.72 Å². The third kappa shape index (κ3) is 1.12. The van der Waals surface area contributed by atoms with Crippen LogP contribution in [0.25, 0.3) is 0 Å². The number of nitrogens with one attached hydrogen (secondary N) is 1. The molecule has 1 aliphatic heterocycles. The zero-order valence-electron chi connectivity index (χ0n) is 4.73. The summed E-state index contributed by atoms with van der Waals surface area (Å²) in [7, 11) is 0. The van der Waals surface area contributed by atoms with E-state index in [1.165, 1.54) is 5.41 Å². The van der Waals surface area contributed by atoms with E-state index < -0.39 is 10.9 Å². The Labute approximate surface area is 72.1 Å². The molecule has 0 spiro atoms. The van der Waals surface area contributed by atoms with Crippen LogP contribution in [0.5, 0.6) is 0 Å². The van der Waals surface area contributed by atoms with Crippen molar-refractivity contribution in [2.45, 2.75) is 5.00 Å². The van der Waals surface area contributed by atoms with Crippen LogP contribution in [-0.2, 0) is 4.79 Å². The fourth-order valence-corrected chi connectivity index (χ4v) is 1.76. The van der Waals surface area contributed by atoms with Gasteiger partial charge >= 0.3 is 0 Å². The number of primary amides is 1. The molecule has 6 heteroatoms. The van der Waals surface area contributed by atoms with Crippen LogP contribution in [0.3, 0.4) is 0 Å². The van der Waals surface area contributed by atoms with Crippen LogP contribution < -0.4 is 10.5 Å². The molecule has 0 saturated carbocycles. The lowest BCUT2D eigenvalue weighted by atomic mass is 10.3. The van der Waals surface area contributed by atoms with Gasteiger partial charge in [-0.25, -0.2) is 4.72 Å². The average Bonchev–Trinajstić information content (AvgIpc) is 2.15. The highest BCUT2D eigenvalue weighted by molar-refractivity contribution is 8.00. The van der Waals surface area contributed by atoms with Crippen molar-refractivity contribution in [2.24, 2.45) is 5.73 Å². The second-order valence-corrected chi connectivity index (χ2v) is 3.36. The van der Waals surface area contributed by atoms with E-state index in [4.69, 9.17) is 28.9 Å². The molecule has 1 rings (SSSR count). The van der Waals surface area contributed by atoms with Gasteiger partial charge in [0.05, 0.1) is 5.03 Å². The molecule has 1 unspecified atom stereocenters. The zero-order valence-corrected chi connectivity index (χ0v) is 7.06. The van der Waals surface area contributed by atoms with Crippen LogP contribution in [0.1, 0.15) is 0 Å². The van der Waals surface area contributed by atoms with Crippen LogP contribution in [0, 0.1) is 0 Å². The number of halogens is 2. The highest BCUT2D eigenvalue weighted by Crippen LogP contribution is 2.34. The van der Waals surface area contributed by atoms with Crippen LogP contribution in [-0.4, -0.2) is 10.9 Å². The van der Waals surface area contributed by atoms with Gasteiger partial charge in [-0.3, -0.25) is 4.79 Å². The first-order valence-corrected chi connectivity index (χ1v) is 3.98. The molecule has 0 aromatic heterocycles. The molecule has 0 fully saturated rings. The first-order valence-electron chi connectivity index (χ1n) is 2.35. The molecule has 0 radical (unpaired) electrons. The van der Waals surface area contributed by atoms with E-state index in [1.54, 1.807) is 0 Å². The lowest BCUT2D eigenvalue weighted by molar-refractivity contribution is -0.119. The summed E-state index contributed by atoms with van der Waals surface area (Å²) in [6, 6.07) is 0. The Balaban J connectivity index is 2.89. The molecule has 0 bridgehead atoms. The molecule has 3 N–H and O–H groups in total. The Morgan fingerprint density at radius 1 is 1.90 bits per heavy atom. The van der Waals surface area contributed by atoms with Crippen LogP contribution in [0.2, 0.25) is 0 Å². The standard InChI is InChI=1S/C4H4Cl2N2OS/c5-2-1-10-8-4(2,6)3(7)9/h1,8H,(H2,7,9). The Kier molecular flexibility index (Phi) is 2.15. The predicted octanol–water partition coefficient (Wildman–Crippen LogP) is 0.738. The average molecular weight is 199 g/mol. The van der Waals surface area contributed by atoms with Crippen molar-refractivity contribution < 1.29 is 4.79 Å². The fraction of sp³-hybridized carbons (Fsp3) is 0.250. The number of carbonyl (C=O) groups is 1. The molecular formula is C4H4Cl2N2OS. The monoisotopic (exact) mass is 198 g/mol. The number of rotatable bonds is 1. The number of alkyl halides is 1. The first kappa shape index (κ1) is 8.20. The van der Waals surface area contributed by atoms with Gasteiger partial charge in [0, 0.05) is 5.41 Å². The van der Waals surface area contributed by atoms with Gasteiger partial charge in [0.2, 0.25) is 5.00 Å². The third-order valence-electron chi connectivity index (χ3n) is 1.03. The van der Waals surface area contributed by atoms with Crippen LogP contribution in [0.15, 0.2) is 10.4 Å². The maximum absolute atomic E-state index is 10.6. The smallest absolute Gasteiger partial charge is 0.259 e. The normalized spacial score (nSPS) is 32.0. The van der Waals surface area contributed by atoms with E-state index >= 15 is 0 Å². The first-order chi connectivity index (χ1) is 4.57. The number of hydrogen-bond donors (Lipinski definition) is 2. The molecular weight excluding hydrogens is 195 g/mol. The van der Waals surface area contributed by atoms with Gasteiger partial charge in [0.1, 0.15) is 0 Å². The number of nitrogens with two attached hydrogens (primary N) is 1. The number of amides is 1. The summed E-state index contributed by atoms with van der Waals surface area (Å²) in [4.78, 5) is 9.23. The summed E-state index contributed by atoms with van der Waals surface area (Å²) in [6.45, 7) is 0. The van der Waals surface area contributed by atoms with Crippen molar-refractivity contribution in [3.8, 4) is 0 Å². The van der Waals surface area contributed by atoms with E-state index in [9.17, 15) is 4.79 Å². The van der Waals surface area contributed by atoms with Crippen molar-refractivity contribution >= 4 is 41.1 Å². The predicted molar refractivity (Wildman–Crippen MR) is 42.4 cm³/mol. The lowest BCUT2D eigenvalue weighted by Gasteiger charge is -2.16. The van der Waals surface area contributed by atoms with Gasteiger partial charge in [0.15, 0.2) is 0 Å². The molecule has 1 aliphatic rings. The van der Waals surface area contributed by atoms with Crippen molar-refractivity contribution in [1.29, 1.82) is 0 Å². The fourth-order valence-electron chi connectivity index (χ4n) is 0.460. The second-order valence-electron chi connectivity index (χ2n) is 1.71. The Bertz CT molecular complexity index is 207. The number of hydrogen-bond acceptors (Lipinski definition) is 3. The van der Waals surface area contributed by atoms with Gasteiger partial charge in [-0.15, -0.1) is 0 Å². The van der Waals surface area contributed by atoms with Gasteiger partial charge < -0.3 is 5.73 Å². The Morgan fingerprint density at radius 3 is 2.70 bits per heavy atom. The third-order valence-corrected chi connectivity index (χ3v) is 3.02. The topological polar surface area (TPSA) is 55.1 Å². The van der Waals surface area contributed by atoms with Crippen molar-refractivity contribution in [3.63, 3.8) is 0 Å². The van der Waals surface area contributed by atoms with Gasteiger partial charge in [0.25, 0.3) is 5.91 Å². The summed E-state index contributed by atoms with van der Waals surface area (Å²) in [5.41, 5.74) is 4.95. The second kappa shape index (κ2) is 2.62. The van der Waals surface area contributed by atoms with Gasteiger partial charge in [-0.05, 0) is 11.9 Å². The lowest BCUT2D eigenvalue weighted by Crippen LogP contribution is -2.45. The molecule has 1 atom stereocenters. The molecule has 3 nitrogen and oxygen atoms in total. The van der Waals surface area contributed by atoms with E-state index in [0.29, 0.717) is 0 Å². The molecule has 1 heterocycles. The zero-order chi connectivity index (χ0) is 7.78. The van der Waals surface area contributed by atoms with Gasteiger partial charge in [-0.1, -0.05) is 23.2 Å². The quantitative estimate of drug-likeness (QED) is 0.372. The maximum atomic E-state index is 10.6. The summed E-state index contributed by atoms with van der Waals surface area (Å²) >= 11 is 12.3. The minimum Gasteiger partial charge on any atom is -0.367 e. The van der Waals surface area contributed by atoms with E-state index in [-0.39, 0.29) is 5.03 Å². The molecule has 0 saturated heterocycles. The summed E-state index contributed by atoms with van der Waals surface area (Å²) in [5.74, 6) is -0.694. The van der Waals surface area contributed by atoms with Gasteiger partial charge in [-0.2, -0.15) is 0 Å². The molecule has 0 aromatic rings. The van der Waals surface area contributed by atoms with Crippen molar-refractivity contribution in [3.05, 3.63) is 10.4 Å². The highest BCUT2D eigenvalue weighted by atomic mass is 35.5. The van der Waals surface area contributed by atoms with Crippen molar-refractivity contribution in [2.75, 3.05) is 0 Å². The molecule has 56 valence electrons.